The quantitative estimate of drug-likeness (QED) is 0.208. The van der Waals surface area contributed by atoms with Crippen LogP contribution in [0.5, 0.6) is 0 Å². The highest BCUT2D eigenvalue weighted by molar-refractivity contribution is 5.63. The van der Waals surface area contributed by atoms with Gasteiger partial charge in [-0.25, -0.2) is 9.97 Å². The van der Waals surface area contributed by atoms with Crippen molar-refractivity contribution in [3.05, 3.63) is 95.9 Å². The van der Waals surface area contributed by atoms with Crippen LogP contribution in [0.15, 0.2) is 79.3 Å². The molecule has 2 N–H and O–H groups in total. The number of halogens is 3. The fourth-order valence-corrected chi connectivity index (χ4v) is 6.75. The number of rotatable bonds is 8. The van der Waals surface area contributed by atoms with Crippen LogP contribution in [-0.4, -0.2) is 64.7 Å². The monoisotopic (exact) mass is 616 g/mol. The molecule has 10 heteroatoms. The number of benzene rings is 2. The van der Waals surface area contributed by atoms with Gasteiger partial charge >= 0.3 is 6.18 Å². The van der Waals surface area contributed by atoms with Crippen LogP contribution in [0.25, 0.3) is 11.3 Å². The molecule has 2 aliphatic heterocycles. The number of hydrogen-bond acceptors (Lipinski definition) is 6. The maximum absolute atomic E-state index is 13.2. The van der Waals surface area contributed by atoms with Gasteiger partial charge in [-0.2, -0.15) is 13.2 Å². The van der Waals surface area contributed by atoms with Crippen molar-refractivity contribution in [3.8, 4) is 11.3 Å². The molecule has 0 atom stereocenters. The molecule has 2 aromatic heterocycles. The molecular weight excluding hydrogens is 575 g/mol. The molecule has 6 rings (SSSR count). The molecule has 2 fully saturated rings. The van der Waals surface area contributed by atoms with E-state index in [9.17, 15) is 13.2 Å². The first-order valence-corrected chi connectivity index (χ1v) is 15.8. The molecule has 2 saturated heterocycles. The zero-order valence-corrected chi connectivity index (χ0v) is 25.9. The fraction of sp³-hybridized carbons (Fsp3) is 0.400. The summed E-state index contributed by atoms with van der Waals surface area (Å²) < 4.78 is 40.7. The Bertz CT molecular complexity index is 1560. The third kappa shape index (κ3) is 7.28. The summed E-state index contributed by atoms with van der Waals surface area (Å²) in [5, 5.41) is 6.97. The Kier molecular flexibility index (Phi) is 9.05. The topological polar surface area (TPSA) is 66.0 Å². The third-order valence-electron chi connectivity index (χ3n) is 9.59. The maximum atomic E-state index is 13.2. The summed E-state index contributed by atoms with van der Waals surface area (Å²) in [5.41, 5.74) is 4.79. The Balaban J connectivity index is 1.25. The van der Waals surface area contributed by atoms with Crippen molar-refractivity contribution < 1.29 is 17.7 Å². The normalized spacial score (nSPS) is 21.0. The van der Waals surface area contributed by atoms with E-state index in [4.69, 9.17) is 9.97 Å². The van der Waals surface area contributed by atoms with Crippen LogP contribution in [0.4, 0.5) is 30.5 Å². The predicted molar refractivity (Wildman–Crippen MR) is 172 cm³/mol. The van der Waals surface area contributed by atoms with Crippen molar-refractivity contribution >= 4 is 17.3 Å². The van der Waals surface area contributed by atoms with Crippen molar-refractivity contribution in [1.82, 2.24) is 20.3 Å². The highest BCUT2D eigenvalue weighted by Crippen LogP contribution is 2.33. The van der Waals surface area contributed by atoms with Crippen molar-refractivity contribution in [2.75, 3.05) is 43.4 Å². The van der Waals surface area contributed by atoms with E-state index in [0.717, 1.165) is 78.1 Å². The summed E-state index contributed by atoms with van der Waals surface area (Å²) >= 11 is 0. The molecule has 0 spiro atoms. The highest BCUT2D eigenvalue weighted by Gasteiger charge is 2.39. The number of anilines is 3. The first-order valence-electron chi connectivity index (χ1n) is 15.8. The highest BCUT2D eigenvalue weighted by atomic mass is 19.4. The molecular formula is C35H41F3N7+. The molecule has 45 heavy (non-hydrogen) atoms. The molecule has 0 saturated carbocycles. The molecule has 0 radical (unpaired) electrons. The average molecular weight is 617 g/mol. The lowest BCUT2D eigenvalue weighted by Crippen LogP contribution is -2.61. The van der Waals surface area contributed by atoms with Gasteiger partial charge in [0.05, 0.1) is 37.4 Å². The smallest absolute Gasteiger partial charge is 0.355 e. The number of aromatic nitrogens is 3. The summed E-state index contributed by atoms with van der Waals surface area (Å²) in [7, 11) is 2.41. The Hall–Kier alpha value is -4.02. The number of nitrogens with zero attached hydrogens (tertiary/aromatic N) is 5. The SMILES string of the molecule is Cc1cnccc1Nc1ccc(CN(c2nccc(-c3ccc(C(F)(F)F)cc3)n2)C2CC[N+](C)(C3CCNCC3)CC2)cc1. The summed E-state index contributed by atoms with van der Waals surface area (Å²) in [4.78, 5) is 16.1. The largest absolute Gasteiger partial charge is 0.416 e. The van der Waals surface area contributed by atoms with Crippen LogP contribution < -0.4 is 15.5 Å². The van der Waals surface area contributed by atoms with Gasteiger partial charge in [0.15, 0.2) is 0 Å². The first kappa shape index (κ1) is 31.0. The second kappa shape index (κ2) is 13.1. The van der Waals surface area contributed by atoms with Crippen LogP contribution in [0.2, 0.25) is 0 Å². The molecule has 0 amide bonds. The summed E-state index contributed by atoms with van der Waals surface area (Å²) in [6.07, 6.45) is 5.42. The predicted octanol–water partition coefficient (Wildman–Crippen LogP) is 6.98. The zero-order valence-electron chi connectivity index (χ0n) is 25.9. The Morgan fingerprint density at radius 3 is 2.29 bits per heavy atom. The van der Waals surface area contributed by atoms with E-state index in [0.29, 0.717) is 29.8 Å². The second-order valence-electron chi connectivity index (χ2n) is 12.6. The number of pyridine rings is 1. The van der Waals surface area contributed by atoms with E-state index in [1.807, 2.05) is 19.2 Å². The van der Waals surface area contributed by atoms with E-state index in [1.54, 1.807) is 18.5 Å². The van der Waals surface area contributed by atoms with Crippen molar-refractivity contribution in [2.24, 2.45) is 0 Å². The zero-order chi connectivity index (χ0) is 31.4. The van der Waals surface area contributed by atoms with Gasteiger partial charge in [-0.15, -0.1) is 0 Å². The average Bonchev–Trinajstić information content (AvgIpc) is 3.06. The number of aryl methyl sites for hydroxylation is 1. The van der Waals surface area contributed by atoms with Gasteiger partial charge in [0.25, 0.3) is 0 Å². The van der Waals surface area contributed by atoms with Gasteiger partial charge in [0.2, 0.25) is 5.95 Å². The minimum Gasteiger partial charge on any atom is -0.355 e. The minimum atomic E-state index is -4.38. The molecule has 0 bridgehead atoms. The lowest BCUT2D eigenvalue weighted by molar-refractivity contribution is -0.938. The second-order valence-corrected chi connectivity index (χ2v) is 12.6. The lowest BCUT2D eigenvalue weighted by Gasteiger charge is -2.49. The maximum Gasteiger partial charge on any atom is 0.416 e. The summed E-state index contributed by atoms with van der Waals surface area (Å²) in [5.74, 6) is 0.602. The Morgan fingerprint density at radius 1 is 0.911 bits per heavy atom. The Morgan fingerprint density at radius 2 is 1.62 bits per heavy atom. The van der Waals surface area contributed by atoms with Gasteiger partial charge in [-0.1, -0.05) is 24.3 Å². The molecule has 236 valence electrons. The van der Waals surface area contributed by atoms with Gasteiger partial charge in [-0.3, -0.25) is 4.98 Å². The number of likely N-dealkylation sites (tertiary alicyclic amines) is 1. The van der Waals surface area contributed by atoms with Crippen molar-refractivity contribution in [1.29, 1.82) is 0 Å². The van der Waals surface area contributed by atoms with Gasteiger partial charge in [0, 0.05) is 86.9 Å². The first-order chi connectivity index (χ1) is 21.7. The molecule has 2 aliphatic rings. The van der Waals surface area contributed by atoms with E-state index in [1.165, 1.54) is 25.0 Å². The molecule has 2 aromatic carbocycles. The minimum absolute atomic E-state index is 0.248. The molecule has 0 aliphatic carbocycles. The number of quaternary nitrogens is 1. The van der Waals surface area contributed by atoms with E-state index >= 15 is 0 Å². The van der Waals surface area contributed by atoms with Gasteiger partial charge < -0.3 is 20.0 Å². The summed E-state index contributed by atoms with van der Waals surface area (Å²) in [6, 6.07) is 18.3. The van der Waals surface area contributed by atoms with Crippen molar-refractivity contribution in [2.45, 2.75) is 57.4 Å². The lowest BCUT2D eigenvalue weighted by atomic mass is 9.94. The van der Waals surface area contributed by atoms with E-state index in [-0.39, 0.29) is 6.04 Å². The number of alkyl halides is 3. The van der Waals surface area contributed by atoms with E-state index in [2.05, 4.69) is 51.8 Å². The molecule has 7 nitrogen and oxygen atoms in total. The van der Waals surface area contributed by atoms with Gasteiger partial charge in [0.1, 0.15) is 0 Å². The van der Waals surface area contributed by atoms with Crippen LogP contribution in [-0.2, 0) is 12.7 Å². The van der Waals surface area contributed by atoms with Crippen molar-refractivity contribution in [3.63, 3.8) is 0 Å². The summed E-state index contributed by atoms with van der Waals surface area (Å²) in [6.45, 7) is 7.03. The fourth-order valence-electron chi connectivity index (χ4n) is 6.75. The number of nitrogens with one attached hydrogen (secondary N) is 2. The third-order valence-corrected chi connectivity index (χ3v) is 9.59. The van der Waals surface area contributed by atoms with E-state index < -0.39 is 11.7 Å². The van der Waals surface area contributed by atoms with Crippen LogP contribution in [0.1, 0.15) is 42.4 Å². The van der Waals surface area contributed by atoms with Crippen LogP contribution in [0, 0.1) is 6.92 Å². The van der Waals surface area contributed by atoms with Crippen LogP contribution >= 0.6 is 0 Å². The number of hydrogen-bond donors (Lipinski definition) is 2. The van der Waals surface area contributed by atoms with Crippen LogP contribution in [0.3, 0.4) is 0 Å². The molecule has 4 heterocycles. The molecule has 0 unspecified atom stereocenters. The van der Waals surface area contributed by atoms with Gasteiger partial charge in [-0.05, 0) is 54.4 Å². The number of piperidine rings is 2. The standard InChI is InChI=1S/C35H41F3N7/c1-25-23-40-19-13-32(25)42-29-9-3-26(4-10-29)24-44(30-15-21-45(2,22-16-30)31-11-17-39-18-12-31)34-41-20-14-33(43-34)27-5-7-28(8-6-27)35(36,37)38/h3-10,13-14,19-20,23,30-31,39H,11-12,15-18,21-22,24H2,1-2H3,(H,40,42)/q+1. The Labute approximate surface area is 263 Å². The molecule has 4 aromatic rings.